The standard InChI is InChI=1S/C23H21N5O3S/c1-27(16-18-8-4-2-5-9-18)32(30,31)21-14-12-19(13-15-21)24-23(29)22-17-28(26-25-22)20-10-6-3-7-11-20/h2-15,17H,16H2,1H3,(H,24,29). The van der Waals surface area contributed by atoms with Gasteiger partial charge in [-0.25, -0.2) is 13.1 Å². The second-order valence-corrected chi connectivity index (χ2v) is 9.15. The molecule has 162 valence electrons. The smallest absolute Gasteiger partial charge is 0.277 e. The lowest BCUT2D eigenvalue weighted by molar-refractivity contribution is 0.102. The molecule has 0 unspecified atom stereocenters. The van der Waals surface area contributed by atoms with Crippen molar-refractivity contribution >= 4 is 21.6 Å². The van der Waals surface area contributed by atoms with Crippen LogP contribution in [0.1, 0.15) is 16.1 Å². The second-order valence-electron chi connectivity index (χ2n) is 7.11. The molecule has 0 spiro atoms. The number of amides is 1. The summed E-state index contributed by atoms with van der Waals surface area (Å²) in [5, 5.41) is 10.6. The normalized spacial score (nSPS) is 11.4. The zero-order valence-corrected chi connectivity index (χ0v) is 18.1. The molecule has 0 atom stereocenters. The van der Waals surface area contributed by atoms with E-state index >= 15 is 0 Å². The lowest BCUT2D eigenvalue weighted by Crippen LogP contribution is -2.26. The minimum atomic E-state index is -3.67. The predicted molar refractivity (Wildman–Crippen MR) is 121 cm³/mol. The molecule has 1 amide bonds. The van der Waals surface area contributed by atoms with Crippen molar-refractivity contribution in [1.29, 1.82) is 0 Å². The van der Waals surface area contributed by atoms with Crippen LogP contribution in [0, 0.1) is 0 Å². The molecule has 0 saturated carbocycles. The Balaban J connectivity index is 1.43. The van der Waals surface area contributed by atoms with Crippen molar-refractivity contribution in [3.05, 3.63) is 102 Å². The zero-order valence-electron chi connectivity index (χ0n) is 17.3. The van der Waals surface area contributed by atoms with Crippen LogP contribution in [0.5, 0.6) is 0 Å². The van der Waals surface area contributed by atoms with E-state index in [-0.39, 0.29) is 17.1 Å². The summed E-state index contributed by atoms with van der Waals surface area (Å²) < 4.78 is 28.5. The van der Waals surface area contributed by atoms with Crippen molar-refractivity contribution in [2.75, 3.05) is 12.4 Å². The van der Waals surface area contributed by atoms with Crippen molar-refractivity contribution in [3.8, 4) is 5.69 Å². The SMILES string of the molecule is CN(Cc1ccccc1)S(=O)(=O)c1ccc(NC(=O)c2cn(-c3ccccc3)nn2)cc1. The lowest BCUT2D eigenvalue weighted by atomic mass is 10.2. The number of aromatic nitrogens is 3. The third kappa shape index (κ3) is 4.74. The van der Waals surface area contributed by atoms with Crippen molar-refractivity contribution < 1.29 is 13.2 Å². The molecule has 1 aromatic heterocycles. The summed E-state index contributed by atoms with van der Waals surface area (Å²) >= 11 is 0. The van der Waals surface area contributed by atoms with Gasteiger partial charge in [0.05, 0.1) is 16.8 Å². The fourth-order valence-electron chi connectivity index (χ4n) is 3.09. The third-order valence-corrected chi connectivity index (χ3v) is 6.63. The van der Waals surface area contributed by atoms with Gasteiger partial charge in [0.2, 0.25) is 10.0 Å². The summed E-state index contributed by atoms with van der Waals surface area (Å²) in [5.74, 6) is -0.441. The van der Waals surface area contributed by atoms with Gasteiger partial charge in [0.25, 0.3) is 5.91 Å². The Kier molecular flexibility index (Phi) is 6.11. The van der Waals surface area contributed by atoms with Gasteiger partial charge in [-0.2, -0.15) is 4.31 Å². The third-order valence-electron chi connectivity index (χ3n) is 4.82. The van der Waals surface area contributed by atoms with Gasteiger partial charge in [-0.05, 0) is 42.0 Å². The van der Waals surface area contributed by atoms with E-state index in [1.807, 2.05) is 60.7 Å². The van der Waals surface area contributed by atoms with Crippen LogP contribution in [0.2, 0.25) is 0 Å². The Hall–Kier alpha value is -3.82. The molecule has 0 fully saturated rings. The minimum absolute atomic E-state index is 0.143. The number of benzene rings is 3. The Morgan fingerprint density at radius 1 is 0.938 bits per heavy atom. The molecule has 4 aromatic rings. The average molecular weight is 448 g/mol. The summed E-state index contributed by atoms with van der Waals surface area (Å²) in [5.41, 5.74) is 2.28. The van der Waals surface area contributed by atoms with E-state index in [0.29, 0.717) is 5.69 Å². The van der Waals surface area contributed by atoms with E-state index in [1.165, 1.54) is 34.4 Å². The second kappa shape index (κ2) is 9.13. The van der Waals surface area contributed by atoms with Crippen LogP contribution in [0.25, 0.3) is 5.69 Å². The van der Waals surface area contributed by atoms with Gasteiger partial charge >= 0.3 is 0 Å². The molecule has 4 rings (SSSR count). The molecule has 0 aliphatic carbocycles. The summed E-state index contributed by atoms with van der Waals surface area (Å²) in [4.78, 5) is 12.6. The maximum Gasteiger partial charge on any atom is 0.277 e. The highest BCUT2D eigenvalue weighted by Gasteiger charge is 2.21. The lowest BCUT2D eigenvalue weighted by Gasteiger charge is -2.17. The number of nitrogens with one attached hydrogen (secondary N) is 1. The van der Waals surface area contributed by atoms with Crippen LogP contribution < -0.4 is 5.32 Å². The van der Waals surface area contributed by atoms with Gasteiger partial charge in [0.1, 0.15) is 0 Å². The predicted octanol–water partition coefficient (Wildman–Crippen LogP) is 3.34. The molecule has 0 saturated heterocycles. The van der Waals surface area contributed by atoms with E-state index < -0.39 is 15.9 Å². The van der Waals surface area contributed by atoms with Gasteiger partial charge in [-0.3, -0.25) is 4.79 Å². The number of carbonyl (C=O) groups excluding carboxylic acids is 1. The first kappa shape index (κ1) is 21.4. The quantitative estimate of drug-likeness (QED) is 0.469. The number of hydrogen-bond donors (Lipinski definition) is 1. The van der Waals surface area contributed by atoms with Crippen LogP contribution in [-0.4, -0.2) is 40.7 Å². The Labute approximate surface area is 186 Å². The van der Waals surface area contributed by atoms with Crippen LogP contribution in [-0.2, 0) is 16.6 Å². The summed E-state index contributed by atoms with van der Waals surface area (Å²) in [6, 6.07) is 24.7. The van der Waals surface area contributed by atoms with Gasteiger partial charge in [-0.15, -0.1) is 5.10 Å². The molecule has 1 N–H and O–H groups in total. The van der Waals surface area contributed by atoms with Gasteiger partial charge in [-0.1, -0.05) is 53.7 Å². The first-order valence-corrected chi connectivity index (χ1v) is 11.3. The summed E-state index contributed by atoms with van der Waals surface area (Å²) in [7, 11) is -2.13. The highest BCUT2D eigenvalue weighted by Crippen LogP contribution is 2.19. The van der Waals surface area contributed by atoms with E-state index in [0.717, 1.165) is 11.3 Å². The van der Waals surface area contributed by atoms with E-state index in [1.54, 1.807) is 12.1 Å². The first-order chi connectivity index (χ1) is 15.4. The minimum Gasteiger partial charge on any atom is -0.321 e. The monoisotopic (exact) mass is 447 g/mol. The highest BCUT2D eigenvalue weighted by atomic mass is 32.2. The molecule has 8 nitrogen and oxygen atoms in total. The number of nitrogens with zero attached hydrogens (tertiary/aromatic N) is 4. The number of rotatable bonds is 7. The molecule has 0 radical (unpaired) electrons. The number of hydrogen-bond acceptors (Lipinski definition) is 5. The van der Waals surface area contributed by atoms with Crippen molar-refractivity contribution in [3.63, 3.8) is 0 Å². The van der Waals surface area contributed by atoms with Gasteiger partial charge in [0, 0.05) is 19.3 Å². The molecular weight excluding hydrogens is 426 g/mol. The fraction of sp³-hybridized carbons (Fsp3) is 0.0870. The molecule has 0 bridgehead atoms. The molecule has 1 heterocycles. The van der Waals surface area contributed by atoms with E-state index in [9.17, 15) is 13.2 Å². The van der Waals surface area contributed by atoms with Crippen molar-refractivity contribution in [2.24, 2.45) is 0 Å². The number of carbonyl (C=O) groups is 1. The van der Waals surface area contributed by atoms with E-state index in [4.69, 9.17) is 0 Å². The Morgan fingerprint density at radius 2 is 1.56 bits per heavy atom. The zero-order chi connectivity index (χ0) is 22.6. The molecule has 32 heavy (non-hydrogen) atoms. The summed E-state index contributed by atoms with van der Waals surface area (Å²) in [6.07, 6.45) is 1.53. The van der Waals surface area contributed by atoms with Crippen LogP contribution in [0.4, 0.5) is 5.69 Å². The van der Waals surface area contributed by atoms with Crippen molar-refractivity contribution in [1.82, 2.24) is 19.3 Å². The van der Waals surface area contributed by atoms with Gasteiger partial charge in [0.15, 0.2) is 5.69 Å². The molecule has 3 aromatic carbocycles. The first-order valence-electron chi connectivity index (χ1n) is 9.83. The molecular formula is C23H21N5O3S. The largest absolute Gasteiger partial charge is 0.321 e. The van der Waals surface area contributed by atoms with Crippen LogP contribution >= 0.6 is 0 Å². The number of anilines is 1. The van der Waals surface area contributed by atoms with E-state index in [2.05, 4.69) is 15.6 Å². The molecule has 9 heteroatoms. The maximum absolute atomic E-state index is 12.8. The average Bonchev–Trinajstić information content (AvgIpc) is 3.31. The van der Waals surface area contributed by atoms with Crippen LogP contribution in [0.15, 0.2) is 96.0 Å². The topological polar surface area (TPSA) is 97.2 Å². The van der Waals surface area contributed by atoms with Crippen molar-refractivity contribution in [2.45, 2.75) is 11.4 Å². The summed E-state index contributed by atoms with van der Waals surface area (Å²) in [6.45, 7) is 0.263. The number of para-hydroxylation sites is 1. The van der Waals surface area contributed by atoms with Crippen LogP contribution in [0.3, 0.4) is 0 Å². The van der Waals surface area contributed by atoms with Gasteiger partial charge < -0.3 is 5.32 Å². The Bertz CT molecular complexity index is 1300. The maximum atomic E-state index is 12.8. The molecule has 0 aliphatic rings. The Morgan fingerprint density at radius 3 is 2.22 bits per heavy atom. The highest BCUT2D eigenvalue weighted by molar-refractivity contribution is 7.89. The number of sulfonamides is 1. The molecule has 0 aliphatic heterocycles. The fourth-order valence-corrected chi connectivity index (χ4v) is 4.24.